The van der Waals surface area contributed by atoms with E-state index in [1.165, 1.54) is 6.07 Å². The van der Waals surface area contributed by atoms with Crippen LogP contribution in [0, 0.1) is 12.7 Å². The average Bonchev–Trinajstić information content (AvgIpc) is 3.22. The first kappa shape index (κ1) is 23.4. The summed E-state index contributed by atoms with van der Waals surface area (Å²) in [7, 11) is 1.81. The van der Waals surface area contributed by atoms with Gasteiger partial charge in [0.1, 0.15) is 24.0 Å². The van der Waals surface area contributed by atoms with E-state index in [9.17, 15) is 4.79 Å². The maximum atomic E-state index is 15.2. The molecule has 0 atom stereocenters. The molecule has 0 spiro atoms. The molecule has 2 N–H and O–H groups in total. The van der Waals surface area contributed by atoms with Crippen molar-refractivity contribution in [3.8, 4) is 11.1 Å². The molecule has 4 aromatic rings. The van der Waals surface area contributed by atoms with Gasteiger partial charge in [-0.15, -0.1) is 0 Å². The summed E-state index contributed by atoms with van der Waals surface area (Å²) in [6.45, 7) is 6.57. The molecule has 0 unspecified atom stereocenters. The number of nitrogens with one attached hydrogen (secondary N) is 2. The number of fused-ring (bicyclic) bond motifs is 2. The van der Waals surface area contributed by atoms with E-state index in [4.69, 9.17) is 0 Å². The predicted octanol–water partition coefficient (Wildman–Crippen LogP) is 3.11. The van der Waals surface area contributed by atoms with Crippen LogP contribution in [0.25, 0.3) is 21.9 Å². The first-order valence-corrected chi connectivity index (χ1v) is 12.5. The van der Waals surface area contributed by atoms with E-state index >= 15 is 4.39 Å². The fourth-order valence-corrected chi connectivity index (χ4v) is 4.97. The average molecular weight is 501 g/mol. The van der Waals surface area contributed by atoms with Gasteiger partial charge in [-0.2, -0.15) is 5.10 Å². The van der Waals surface area contributed by atoms with Crippen LogP contribution in [0.5, 0.6) is 0 Å². The van der Waals surface area contributed by atoms with E-state index < -0.39 is 0 Å². The molecule has 37 heavy (non-hydrogen) atoms. The number of rotatable bonds is 4. The van der Waals surface area contributed by atoms with Gasteiger partial charge in [0.05, 0.1) is 0 Å². The third kappa shape index (κ3) is 4.60. The number of piperazine rings is 1. The van der Waals surface area contributed by atoms with Gasteiger partial charge in [0.25, 0.3) is 0 Å². The van der Waals surface area contributed by atoms with Gasteiger partial charge in [0, 0.05) is 86.9 Å². The summed E-state index contributed by atoms with van der Waals surface area (Å²) in [5, 5.41) is 12.7. The van der Waals surface area contributed by atoms with Gasteiger partial charge in [-0.05, 0) is 42.1 Å². The molecule has 2 aliphatic heterocycles. The van der Waals surface area contributed by atoms with Gasteiger partial charge in [-0.25, -0.2) is 14.4 Å². The molecule has 1 amide bonds. The quantitative estimate of drug-likeness (QED) is 0.445. The Morgan fingerprint density at radius 3 is 2.59 bits per heavy atom. The lowest BCUT2D eigenvalue weighted by Gasteiger charge is -2.28. The molecule has 6 rings (SSSR count). The minimum atomic E-state index is -0.303. The SMILES string of the molecule is Cc1cc(N2CCNCC2)ncc1-c1cc2cc(Nc3cc4n(n3)CC(=O)N(C)CC4)ncc2cc1F. The van der Waals surface area contributed by atoms with Crippen LogP contribution in [0.1, 0.15) is 11.3 Å². The number of likely N-dealkylation sites (N-methyl/N-ethyl adjacent to an activating group) is 1. The Morgan fingerprint density at radius 2 is 1.78 bits per heavy atom. The number of benzene rings is 1. The molecule has 0 saturated carbocycles. The van der Waals surface area contributed by atoms with Crippen LogP contribution in [0.2, 0.25) is 0 Å². The van der Waals surface area contributed by atoms with Crippen LogP contribution >= 0.6 is 0 Å². The fraction of sp³-hybridized carbons (Fsp3) is 0.333. The fourth-order valence-electron chi connectivity index (χ4n) is 4.97. The lowest BCUT2D eigenvalue weighted by Crippen LogP contribution is -2.43. The number of aryl methyl sites for hydroxylation is 1. The number of anilines is 3. The van der Waals surface area contributed by atoms with E-state index in [1.54, 1.807) is 22.0 Å². The number of amides is 1. The predicted molar refractivity (Wildman–Crippen MR) is 142 cm³/mol. The van der Waals surface area contributed by atoms with E-state index in [0.29, 0.717) is 29.1 Å². The molecule has 1 fully saturated rings. The van der Waals surface area contributed by atoms with Crippen LogP contribution in [0.15, 0.2) is 42.7 Å². The lowest BCUT2D eigenvalue weighted by molar-refractivity contribution is -0.130. The summed E-state index contributed by atoms with van der Waals surface area (Å²) >= 11 is 0. The first-order chi connectivity index (χ1) is 17.9. The van der Waals surface area contributed by atoms with Crippen LogP contribution in [0.4, 0.5) is 21.8 Å². The van der Waals surface area contributed by atoms with Crippen molar-refractivity contribution in [1.29, 1.82) is 0 Å². The standard InChI is InChI=1S/C27H29FN8O/c1-17-9-26(35-7-4-29-5-8-35)31-15-22(17)21-10-18-12-24(30-14-19(18)11-23(21)28)32-25-13-20-3-6-34(2)27(37)16-36(20)33-25/h9-15,29H,3-8,16H2,1-2H3,(H,30,32,33). The zero-order valence-electron chi connectivity index (χ0n) is 21.0. The molecule has 1 saturated heterocycles. The Bertz CT molecular complexity index is 1490. The van der Waals surface area contributed by atoms with Crippen molar-refractivity contribution in [1.82, 2.24) is 30.0 Å². The molecule has 5 heterocycles. The Labute approximate surface area is 214 Å². The van der Waals surface area contributed by atoms with Gasteiger partial charge in [0.15, 0.2) is 5.82 Å². The molecule has 0 bridgehead atoms. The Hall–Kier alpha value is -4.05. The first-order valence-electron chi connectivity index (χ1n) is 12.5. The van der Waals surface area contributed by atoms with E-state index in [2.05, 4.69) is 30.6 Å². The highest BCUT2D eigenvalue weighted by Gasteiger charge is 2.20. The number of pyridine rings is 2. The maximum Gasteiger partial charge on any atom is 0.244 e. The summed E-state index contributed by atoms with van der Waals surface area (Å²) in [4.78, 5) is 25.3. The number of halogens is 1. The smallest absolute Gasteiger partial charge is 0.244 e. The largest absolute Gasteiger partial charge is 0.354 e. The summed E-state index contributed by atoms with van der Waals surface area (Å²) in [5.74, 6) is 1.89. The molecular weight excluding hydrogens is 471 g/mol. The second-order valence-corrected chi connectivity index (χ2v) is 9.71. The molecular formula is C27H29FN8O. The minimum Gasteiger partial charge on any atom is -0.354 e. The van der Waals surface area contributed by atoms with Crippen molar-refractivity contribution in [2.24, 2.45) is 0 Å². The van der Waals surface area contributed by atoms with Crippen LogP contribution in [-0.2, 0) is 17.8 Å². The topological polar surface area (TPSA) is 91.2 Å². The second-order valence-electron chi connectivity index (χ2n) is 9.71. The summed E-state index contributed by atoms with van der Waals surface area (Å²) < 4.78 is 16.9. The lowest BCUT2D eigenvalue weighted by atomic mass is 9.99. The van der Waals surface area contributed by atoms with E-state index in [0.717, 1.165) is 60.6 Å². The highest BCUT2D eigenvalue weighted by Crippen LogP contribution is 2.32. The van der Waals surface area contributed by atoms with Crippen molar-refractivity contribution in [3.63, 3.8) is 0 Å². The van der Waals surface area contributed by atoms with Crippen LogP contribution in [-0.4, -0.2) is 70.3 Å². The van der Waals surface area contributed by atoms with Gasteiger partial charge < -0.3 is 20.4 Å². The molecule has 9 nitrogen and oxygen atoms in total. The molecule has 0 aliphatic carbocycles. The number of carbonyl (C=O) groups excluding carboxylic acids is 1. The number of hydrogen-bond acceptors (Lipinski definition) is 7. The second kappa shape index (κ2) is 9.44. The van der Waals surface area contributed by atoms with Crippen molar-refractivity contribution in [3.05, 3.63) is 59.8 Å². The van der Waals surface area contributed by atoms with Crippen LogP contribution in [0.3, 0.4) is 0 Å². The highest BCUT2D eigenvalue weighted by molar-refractivity contribution is 5.89. The molecule has 10 heteroatoms. The zero-order chi connectivity index (χ0) is 25.5. The summed E-state index contributed by atoms with van der Waals surface area (Å²) in [6.07, 6.45) is 4.17. The number of aromatic nitrogens is 4. The Morgan fingerprint density at radius 1 is 0.946 bits per heavy atom. The number of carbonyl (C=O) groups is 1. The third-order valence-electron chi connectivity index (χ3n) is 7.17. The van der Waals surface area contributed by atoms with Crippen molar-refractivity contribution >= 4 is 34.1 Å². The zero-order valence-corrected chi connectivity index (χ0v) is 21.0. The van der Waals surface area contributed by atoms with Gasteiger partial charge in [-0.3, -0.25) is 9.48 Å². The number of nitrogens with zero attached hydrogens (tertiary/aromatic N) is 6. The molecule has 3 aromatic heterocycles. The summed E-state index contributed by atoms with van der Waals surface area (Å²) in [6, 6.07) is 9.24. The van der Waals surface area contributed by atoms with E-state index in [-0.39, 0.29) is 18.3 Å². The van der Waals surface area contributed by atoms with Crippen molar-refractivity contribution < 1.29 is 9.18 Å². The summed E-state index contributed by atoms with van der Waals surface area (Å²) in [5.41, 5.74) is 3.27. The van der Waals surface area contributed by atoms with Crippen molar-refractivity contribution in [2.75, 3.05) is 50.0 Å². The molecule has 1 aromatic carbocycles. The molecule has 190 valence electrons. The van der Waals surface area contributed by atoms with Gasteiger partial charge >= 0.3 is 0 Å². The highest BCUT2D eigenvalue weighted by atomic mass is 19.1. The molecule has 2 aliphatic rings. The van der Waals surface area contributed by atoms with E-state index in [1.807, 2.05) is 38.2 Å². The Balaban J connectivity index is 1.28. The number of hydrogen-bond donors (Lipinski definition) is 2. The maximum absolute atomic E-state index is 15.2. The Kier molecular flexibility index (Phi) is 5.96. The normalized spacial score (nSPS) is 16.1. The third-order valence-corrected chi connectivity index (χ3v) is 7.17. The van der Waals surface area contributed by atoms with Crippen molar-refractivity contribution in [2.45, 2.75) is 19.9 Å². The monoisotopic (exact) mass is 500 g/mol. The molecule has 0 radical (unpaired) electrons. The van der Waals surface area contributed by atoms with Gasteiger partial charge in [-0.1, -0.05) is 0 Å². The van der Waals surface area contributed by atoms with Gasteiger partial charge in [0.2, 0.25) is 5.91 Å². The minimum absolute atomic E-state index is 0.0394. The van der Waals surface area contributed by atoms with Crippen LogP contribution < -0.4 is 15.5 Å².